The molecule has 0 aliphatic carbocycles. The molecule has 1 atom stereocenters. The van der Waals surface area contributed by atoms with Gasteiger partial charge in [0.05, 0.1) is 0 Å². The number of amides is 1. The average Bonchev–Trinajstić information content (AvgIpc) is 2.65. The van der Waals surface area contributed by atoms with Crippen molar-refractivity contribution in [1.29, 1.82) is 0 Å². The molecule has 0 saturated carbocycles. The molecule has 0 fully saturated rings. The molecule has 1 N–H and O–H groups in total. The third-order valence-corrected chi connectivity index (χ3v) is 4.39. The van der Waals surface area contributed by atoms with Crippen molar-refractivity contribution >= 4 is 41.2 Å². The smallest absolute Gasteiger partial charge is 0.331 e. The van der Waals surface area contributed by atoms with Gasteiger partial charge in [-0.2, -0.15) is 0 Å². The summed E-state index contributed by atoms with van der Waals surface area (Å²) in [4.78, 5) is 23.6. The van der Waals surface area contributed by atoms with Crippen LogP contribution in [0.25, 0.3) is 6.08 Å². The van der Waals surface area contributed by atoms with E-state index in [1.807, 2.05) is 25.1 Å². The minimum Gasteiger partial charge on any atom is -0.452 e. The van der Waals surface area contributed by atoms with Crippen molar-refractivity contribution in [1.82, 2.24) is 5.32 Å². The summed E-state index contributed by atoms with van der Waals surface area (Å²) in [6, 6.07) is 15.0. The van der Waals surface area contributed by atoms with Crippen LogP contribution in [0, 0.1) is 0 Å². The number of carbonyl (C=O) groups is 2. The van der Waals surface area contributed by atoms with Gasteiger partial charge in [-0.15, -0.1) is 0 Å². The van der Waals surface area contributed by atoms with E-state index in [2.05, 4.69) is 17.4 Å². The molecule has 0 heterocycles. The third-order valence-electron chi connectivity index (χ3n) is 3.82. The van der Waals surface area contributed by atoms with Crippen LogP contribution < -0.4 is 5.32 Å². The molecule has 2 rings (SSSR count). The standard InChI is InChI=1S/C21H21Cl2NO3/c1-15(7-8-16-5-3-2-4-6-16)24-20(25)14-27-21(26)12-10-17-9-11-18(22)13-19(17)23/h2-6,9-13,15H,7-8,14H2,1H3,(H,24,25)/b12-10+. The lowest BCUT2D eigenvalue weighted by Crippen LogP contribution is -2.36. The quantitative estimate of drug-likeness (QED) is 0.511. The zero-order chi connectivity index (χ0) is 19.6. The van der Waals surface area contributed by atoms with E-state index in [4.69, 9.17) is 27.9 Å². The number of nitrogens with one attached hydrogen (secondary N) is 1. The molecular weight excluding hydrogens is 385 g/mol. The van der Waals surface area contributed by atoms with Crippen LogP contribution in [0.2, 0.25) is 10.0 Å². The van der Waals surface area contributed by atoms with E-state index in [0.29, 0.717) is 15.6 Å². The van der Waals surface area contributed by atoms with Crippen LogP contribution in [0.15, 0.2) is 54.6 Å². The molecule has 27 heavy (non-hydrogen) atoms. The van der Waals surface area contributed by atoms with Crippen LogP contribution in [0.1, 0.15) is 24.5 Å². The molecule has 6 heteroatoms. The molecule has 142 valence electrons. The Balaban J connectivity index is 1.71. The lowest BCUT2D eigenvalue weighted by molar-refractivity contribution is -0.144. The molecule has 2 aromatic carbocycles. The first-order valence-corrected chi connectivity index (χ1v) is 9.33. The fourth-order valence-electron chi connectivity index (χ4n) is 2.40. The third kappa shape index (κ3) is 7.85. The van der Waals surface area contributed by atoms with Gasteiger partial charge in [0.1, 0.15) is 0 Å². The second-order valence-electron chi connectivity index (χ2n) is 6.10. The number of halogens is 2. The Labute approximate surface area is 169 Å². The number of hydrogen-bond acceptors (Lipinski definition) is 3. The van der Waals surface area contributed by atoms with Gasteiger partial charge in [0.25, 0.3) is 5.91 Å². The van der Waals surface area contributed by atoms with E-state index in [9.17, 15) is 9.59 Å². The number of ether oxygens (including phenoxy) is 1. The summed E-state index contributed by atoms with van der Waals surface area (Å²) in [5.74, 6) is -0.949. The van der Waals surface area contributed by atoms with Crippen molar-refractivity contribution in [2.75, 3.05) is 6.61 Å². The lowest BCUT2D eigenvalue weighted by atomic mass is 10.1. The second kappa shape index (κ2) is 10.8. The highest BCUT2D eigenvalue weighted by atomic mass is 35.5. The van der Waals surface area contributed by atoms with Crippen molar-refractivity contribution in [2.45, 2.75) is 25.8 Å². The Bertz CT molecular complexity index is 806. The predicted octanol–water partition coefficient (Wildman–Crippen LogP) is 4.69. The molecule has 0 aliphatic heterocycles. The van der Waals surface area contributed by atoms with Gasteiger partial charge in [-0.05, 0) is 49.1 Å². The van der Waals surface area contributed by atoms with Gasteiger partial charge in [0.2, 0.25) is 0 Å². The summed E-state index contributed by atoms with van der Waals surface area (Å²) in [6.07, 6.45) is 4.41. The Kier molecular flexibility index (Phi) is 8.37. The molecule has 0 bridgehead atoms. The fraction of sp³-hybridized carbons (Fsp3) is 0.238. The highest BCUT2D eigenvalue weighted by molar-refractivity contribution is 6.35. The summed E-state index contributed by atoms with van der Waals surface area (Å²) in [7, 11) is 0. The van der Waals surface area contributed by atoms with Crippen molar-refractivity contribution in [3.63, 3.8) is 0 Å². The van der Waals surface area contributed by atoms with E-state index >= 15 is 0 Å². The van der Waals surface area contributed by atoms with Crippen molar-refractivity contribution in [3.8, 4) is 0 Å². The number of esters is 1. The van der Waals surface area contributed by atoms with Crippen molar-refractivity contribution in [2.24, 2.45) is 0 Å². The Hall–Kier alpha value is -2.30. The van der Waals surface area contributed by atoms with E-state index in [1.54, 1.807) is 18.2 Å². The number of rotatable bonds is 8. The van der Waals surface area contributed by atoms with E-state index in [-0.39, 0.29) is 18.6 Å². The Morgan fingerprint density at radius 3 is 2.59 bits per heavy atom. The van der Waals surface area contributed by atoms with Crippen LogP contribution in [-0.2, 0) is 20.7 Å². The molecule has 0 spiro atoms. The fourth-order valence-corrected chi connectivity index (χ4v) is 2.87. The maximum absolute atomic E-state index is 11.9. The molecule has 0 aliphatic rings. The van der Waals surface area contributed by atoms with Gasteiger partial charge in [0, 0.05) is 22.2 Å². The van der Waals surface area contributed by atoms with Crippen LogP contribution in [0.5, 0.6) is 0 Å². The Morgan fingerprint density at radius 2 is 1.89 bits per heavy atom. The summed E-state index contributed by atoms with van der Waals surface area (Å²) in [5.41, 5.74) is 1.85. The predicted molar refractivity (Wildman–Crippen MR) is 109 cm³/mol. The van der Waals surface area contributed by atoms with E-state index in [1.165, 1.54) is 17.7 Å². The molecular formula is C21H21Cl2NO3. The van der Waals surface area contributed by atoms with Crippen LogP contribution in [0.4, 0.5) is 0 Å². The number of aryl methyl sites for hydroxylation is 1. The van der Waals surface area contributed by atoms with Gasteiger partial charge < -0.3 is 10.1 Å². The van der Waals surface area contributed by atoms with Gasteiger partial charge in [-0.1, -0.05) is 59.6 Å². The molecule has 0 aromatic heterocycles. The first kappa shape index (κ1) is 21.0. The normalized spacial score (nSPS) is 12.0. The summed E-state index contributed by atoms with van der Waals surface area (Å²) < 4.78 is 4.95. The van der Waals surface area contributed by atoms with Crippen molar-refractivity contribution in [3.05, 3.63) is 75.8 Å². The topological polar surface area (TPSA) is 55.4 Å². The van der Waals surface area contributed by atoms with Gasteiger partial charge in [-0.3, -0.25) is 4.79 Å². The minimum absolute atomic E-state index is 0.0141. The average molecular weight is 406 g/mol. The number of carbonyl (C=O) groups excluding carboxylic acids is 2. The summed E-state index contributed by atoms with van der Waals surface area (Å²) in [5, 5.41) is 3.76. The number of hydrogen-bond donors (Lipinski definition) is 1. The largest absolute Gasteiger partial charge is 0.452 e. The first-order chi connectivity index (χ1) is 12.9. The van der Waals surface area contributed by atoms with E-state index < -0.39 is 5.97 Å². The highest BCUT2D eigenvalue weighted by Gasteiger charge is 2.09. The Morgan fingerprint density at radius 1 is 1.15 bits per heavy atom. The molecule has 0 saturated heterocycles. The zero-order valence-electron chi connectivity index (χ0n) is 15.0. The second-order valence-corrected chi connectivity index (χ2v) is 6.94. The summed E-state index contributed by atoms with van der Waals surface area (Å²) in [6.45, 7) is 1.60. The lowest BCUT2D eigenvalue weighted by Gasteiger charge is -2.13. The highest BCUT2D eigenvalue weighted by Crippen LogP contribution is 2.21. The van der Waals surface area contributed by atoms with Crippen LogP contribution >= 0.6 is 23.2 Å². The molecule has 1 unspecified atom stereocenters. The van der Waals surface area contributed by atoms with Gasteiger partial charge in [-0.25, -0.2) is 4.79 Å². The maximum Gasteiger partial charge on any atom is 0.331 e. The van der Waals surface area contributed by atoms with Crippen LogP contribution in [-0.4, -0.2) is 24.5 Å². The number of benzene rings is 2. The molecule has 1 amide bonds. The first-order valence-electron chi connectivity index (χ1n) is 8.57. The zero-order valence-corrected chi connectivity index (χ0v) is 16.5. The summed E-state index contributed by atoms with van der Waals surface area (Å²) >= 11 is 11.8. The molecule has 2 aromatic rings. The minimum atomic E-state index is -0.617. The van der Waals surface area contributed by atoms with Gasteiger partial charge in [0.15, 0.2) is 6.61 Å². The maximum atomic E-state index is 11.9. The van der Waals surface area contributed by atoms with Crippen LogP contribution in [0.3, 0.4) is 0 Å². The molecule has 4 nitrogen and oxygen atoms in total. The molecule has 0 radical (unpaired) electrons. The van der Waals surface area contributed by atoms with Crippen molar-refractivity contribution < 1.29 is 14.3 Å². The van der Waals surface area contributed by atoms with Gasteiger partial charge >= 0.3 is 5.97 Å². The SMILES string of the molecule is CC(CCc1ccccc1)NC(=O)COC(=O)/C=C/c1ccc(Cl)cc1Cl. The monoisotopic (exact) mass is 405 g/mol. The van der Waals surface area contributed by atoms with E-state index in [0.717, 1.165) is 12.8 Å².